The highest BCUT2D eigenvalue weighted by Gasteiger charge is 2.13. The lowest BCUT2D eigenvalue weighted by atomic mass is 10.1. The fraction of sp³-hybridized carbons (Fsp3) is 0.0714. The van der Waals surface area contributed by atoms with E-state index in [0.29, 0.717) is 22.3 Å². The Balaban J connectivity index is 2.36. The Morgan fingerprint density at radius 3 is 2.95 bits per heavy atom. The van der Waals surface area contributed by atoms with Crippen LogP contribution in [0.25, 0.3) is 22.2 Å². The van der Waals surface area contributed by atoms with Gasteiger partial charge >= 0.3 is 0 Å². The van der Waals surface area contributed by atoms with E-state index in [9.17, 15) is 4.79 Å². The summed E-state index contributed by atoms with van der Waals surface area (Å²) in [6.07, 6.45) is 1.58. The summed E-state index contributed by atoms with van der Waals surface area (Å²) in [5, 5.41) is 7.31. The molecule has 0 aliphatic heterocycles. The third-order valence-electron chi connectivity index (χ3n) is 2.97. The lowest BCUT2D eigenvalue weighted by Gasteiger charge is -2.09. The minimum absolute atomic E-state index is 0.305. The van der Waals surface area contributed by atoms with Gasteiger partial charge < -0.3 is 4.74 Å². The lowest BCUT2D eigenvalue weighted by molar-refractivity contribution is 0.416. The van der Waals surface area contributed by atoms with Gasteiger partial charge in [0.1, 0.15) is 17.0 Å². The van der Waals surface area contributed by atoms with E-state index in [0.717, 1.165) is 10.0 Å². The third kappa shape index (κ3) is 2.08. The average molecular weight is 332 g/mol. The first kappa shape index (κ1) is 12.8. The van der Waals surface area contributed by atoms with Crippen molar-refractivity contribution in [2.45, 2.75) is 0 Å². The highest BCUT2D eigenvalue weighted by molar-refractivity contribution is 9.10. The van der Waals surface area contributed by atoms with Crippen LogP contribution in [0, 0.1) is 0 Å². The van der Waals surface area contributed by atoms with Crippen LogP contribution in [0.4, 0.5) is 0 Å². The van der Waals surface area contributed by atoms with E-state index in [1.807, 2.05) is 24.3 Å². The van der Waals surface area contributed by atoms with E-state index in [-0.39, 0.29) is 5.56 Å². The van der Waals surface area contributed by atoms with Crippen LogP contribution in [0.1, 0.15) is 0 Å². The summed E-state index contributed by atoms with van der Waals surface area (Å²) in [7, 11) is 1.59. The summed E-state index contributed by atoms with van der Waals surface area (Å²) in [6.45, 7) is 0. The molecule has 0 saturated carbocycles. The molecule has 0 radical (unpaired) electrons. The average Bonchev–Trinajstić information content (AvgIpc) is 2.48. The molecule has 3 rings (SSSR count). The number of hydrogen-bond acceptors (Lipinski definition) is 4. The molecule has 20 heavy (non-hydrogen) atoms. The van der Waals surface area contributed by atoms with Gasteiger partial charge in [0.05, 0.1) is 7.11 Å². The molecular weight excluding hydrogens is 322 g/mol. The predicted octanol–water partition coefficient (Wildman–Crippen LogP) is 2.76. The van der Waals surface area contributed by atoms with Crippen molar-refractivity contribution in [1.82, 2.24) is 15.2 Å². The zero-order chi connectivity index (χ0) is 14.1. The fourth-order valence-corrected chi connectivity index (χ4v) is 2.40. The Labute approximate surface area is 122 Å². The van der Waals surface area contributed by atoms with Crippen molar-refractivity contribution >= 4 is 26.8 Å². The number of halogens is 1. The van der Waals surface area contributed by atoms with Gasteiger partial charge in [0.2, 0.25) is 0 Å². The minimum atomic E-state index is -0.305. The molecule has 0 aliphatic carbocycles. The van der Waals surface area contributed by atoms with Crippen molar-refractivity contribution in [2.24, 2.45) is 0 Å². The number of nitrogens with one attached hydrogen (secondary N) is 1. The maximum atomic E-state index is 11.8. The largest absolute Gasteiger partial charge is 0.496 e. The van der Waals surface area contributed by atoms with Crippen LogP contribution in [0.5, 0.6) is 5.75 Å². The molecule has 0 saturated heterocycles. The van der Waals surface area contributed by atoms with Crippen LogP contribution in [-0.2, 0) is 0 Å². The molecule has 0 fully saturated rings. The van der Waals surface area contributed by atoms with E-state index >= 15 is 0 Å². The minimum Gasteiger partial charge on any atom is -0.496 e. The van der Waals surface area contributed by atoms with Gasteiger partial charge in [0, 0.05) is 21.6 Å². The fourth-order valence-electron chi connectivity index (χ4n) is 2.06. The SMILES string of the molecule is COc1cc(Br)ccc1-c1n[nH]c(=O)c2ncccc12. The summed E-state index contributed by atoms with van der Waals surface area (Å²) in [5.41, 5.74) is 1.49. The van der Waals surface area contributed by atoms with E-state index in [1.54, 1.807) is 19.4 Å². The van der Waals surface area contributed by atoms with Crippen molar-refractivity contribution in [2.75, 3.05) is 7.11 Å². The number of nitrogens with zero attached hydrogens (tertiary/aromatic N) is 2. The first-order valence-electron chi connectivity index (χ1n) is 5.88. The summed E-state index contributed by atoms with van der Waals surface area (Å²) in [5.74, 6) is 0.670. The van der Waals surface area contributed by atoms with E-state index in [4.69, 9.17) is 4.74 Å². The molecule has 0 spiro atoms. The normalized spacial score (nSPS) is 10.7. The summed E-state index contributed by atoms with van der Waals surface area (Å²) >= 11 is 3.40. The van der Waals surface area contributed by atoms with Crippen LogP contribution in [-0.4, -0.2) is 22.3 Å². The first-order chi connectivity index (χ1) is 9.70. The Kier molecular flexibility index (Phi) is 3.23. The zero-order valence-corrected chi connectivity index (χ0v) is 12.1. The van der Waals surface area contributed by atoms with Crippen molar-refractivity contribution in [1.29, 1.82) is 0 Å². The molecule has 100 valence electrons. The molecule has 0 aliphatic rings. The molecule has 0 unspecified atom stereocenters. The number of aromatic nitrogens is 3. The Bertz CT molecular complexity index is 845. The second-order valence-electron chi connectivity index (χ2n) is 4.15. The van der Waals surface area contributed by atoms with Crippen LogP contribution in [0.2, 0.25) is 0 Å². The smallest absolute Gasteiger partial charge is 0.290 e. The summed E-state index contributed by atoms with van der Waals surface area (Å²) in [6, 6.07) is 9.23. The Morgan fingerprint density at radius 2 is 2.15 bits per heavy atom. The van der Waals surface area contributed by atoms with Crippen molar-refractivity contribution in [3.8, 4) is 17.0 Å². The van der Waals surface area contributed by atoms with Gasteiger partial charge in [-0.2, -0.15) is 5.10 Å². The van der Waals surface area contributed by atoms with Crippen LogP contribution in [0.15, 0.2) is 45.8 Å². The molecular formula is C14H10BrN3O2. The van der Waals surface area contributed by atoms with Gasteiger partial charge in [0.25, 0.3) is 5.56 Å². The number of methoxy groups -OCH3 is 1. The van der Waals surface area contributed by atoms with Crippen molar-refractivity contribution in [3.05, 3.63) is 51.4 Å². The molecule has 0 atom stereocenters. The van der Waals surface area contributed by atoms with Gasteiger partial charge in [-0.15, -0.1) is 0 Å². The molecule has 6 heteroatoms. The Morgan fingerprint density at radius 1 is 1.30 bits per heavy atom. The lowest BCUT2D eigenvalue weighted by Crippen LogP contribution is -2.11. The molecule has 5 nitrogen and oxygen atoms in total. The number of aromatic amines is 1. The highest BCUT2D eigenvalue weighted by atomic mass is 79.9. The topological polar surface area (TPSA) is 67.9 Å². The number of pyridine rings is 1. The Hall–Kier alpha value is -2.21. The molecule has 3 aromatic rings. The van der Waals surface area contributed by atoms with Gasteiger partial charge in [-0.05, 0) is 30.3 Å². The predicted molar refractivity (Wildman–Crippen MR) is 79.8 cm³/mol. The van der Waals surface area contributed by atoms with E-state index < -0.39 is 0 Å². The number of ether oxygens (including phenoxy) is 1. The second kappa shape index (κ2) is 5.05. The number of benzene rings is 1. The van der Waals surface area contributed by atoms with Crippen LogP contribution < -0.4 is 10.3 Å². The van der Waals surface area contributed by atoms with Gasteiger partial charge in [-0.1, -0.05) is 15.9 Å². The van der Waals surface area contributed by atoms with E-state index in [1.165, 1.54) is 0 Å². The number of hydrogen-bond donors (Lipinski definition) is 1. The highest BCUT2D eigenvalue weighted by Crippen LogP contribution is 2.33. The number of H-pyrrole nitrogens is 1. The molecule has 0 amide bonds. The first-order valence-corrected chi connectivity index (χ1v) is 6.67. The molecule has 1 aromatic carbocycles. The van der Waals surface area contributed by atoms with Crippen LogP contribution >= 0.6 is 15.9 Å². The van der Waals surface area contributed by atoms with Gasteiger partial charge in [-0.25, -0.2) is 5.10 Å². The monoisotopic (exact) mass is 331 g/mol. The van der Waals surface area contributed by atoms with E-state index in [2.05, 4.69) is 31.1 Å². The molecule has 2 heterocycles. The number of rotatable bonds is 2. The molecule has 1 N–H and O–H groups in total. The standard InChI is InChI=1S/C14H10BrN3O2/c1-20-11-7-8(15)4-5-9(11)12-10-3-2-6-16-13(10)14(19)18-17-12/h2-7H,1H3,(H,18,19). The van der Waals surface area contributed by atoms with Crippen molar-refractivity contribution in [3.63, 3.8) is 0 Å². The van der Waals surface area contributed by atoms with Gasteiger partial charge in [-0.3, -0.25) is 9.78 Å². The maximum absolute atomic E-state index is 11.8. The maximum Gasteiger partial charge on any atom is 0.290 e. The number of fused-ring (bicyclic) bond motifs is 1. The third-order valence-corrected chi connectivity index (χ3v) is 3.46. The second-order valence-corrected chi connectivity index (χ2v) is 5.06. The van der Waals surface area contributed by atoms with Crippen molar-refractivity contribution < 1.29 is 4.74 Å². The molecule has 2 aromatic heterocycles. The van der Waals surface area contributed by atoms with Gasteiger partial charge in [0.15, 0.2) is 0 Å². The molecule has 0 bridgehead atoms. The summed E-state index contributed by atoms with van der Waals surface area (Å²) in [4.78, 5) is 15.9. The zero-order valence-electron chi connectivity index (χ0n) is 10.6. The quantitative estimate of drug-likeness (QED) is 0.784. The van der Waals surface area contributed by atoms with Crippen LogP contribution in [0.3, 0.4) is 0 Å². The summed E-state index contributed by atoms with van der Waals surface area (Å²) < 4.78 is 6.28.